The number of methoxy groups -OCH3 is 1. The van der Waals surface area contributed by atoms with Crippen LogP contribution in [0, 0.1) is 0 Å². The van der Waals surface area contributed by atoms with Crippen LogP contribution in [0.5, 0.6) is 0 Å². The van der Waals surface area contributed by atoms with Gasteiger partial charge in [0.25, 0.3) is 5.91 Å². The molecule has 0 saturated heterocycles. The molecule has 7 nitrogen and oxygen atoms in total. The molecule has 0 radical (unpaired) electrons. The largest absolute Gasteiger partial charge is 0.398 e. The van der Waals surface area contributed by atoms with Gasteiger partial charge in [-0.25, -0.2) is 0 Å². The summed E-state index contributed by atoms with van der Waals surface area (Å²) in [5.74, 6) is -2.60. The second-order valence-electron chi connectivity index (χ2n) is 3.97. The van der Waals surface area contributed by atoms with Crippen LogP contribution in [0.4, 0.5) is 5.69 Å². The summed E-state index contributed by atoms with van der Waals surface area (Å²) in [5.41, 5.74) is 5.98. The summed E-state index contributed by atoms with van der Waals surface area (Å²) in [7, 11) is 1.54. The molecule has 0 spiro atoms. The van der Waals surface area contributed by atoms with E-state index in [1.807, 2.05) is 5.32 Å². The monoisotopic (exact) mass is 279 g/mol. The highest BCUT2D eigenvalue weighted by Gasteiger charge is 2.18. The van der Waals surface area contributed by atoms with Gasteiger partial charge >= 0.3 is 11.8 Å². The Morgan fingerprint density at radius 3 is 2.55 bits per heavy atom. The van der Waals surface area contributed by atoms with Crippen LogP contribution < -0.4 is 16.4 Å². The molecule has 0 atom stereocenters. The molecule has 3 amide bonds. The van der Waals surface area contributed by atoms with Gasteiger partial charge in [-0.15, -0.1) is 0 Å². The Labute approximate surface area is 116 Å². The molecule has 108 valence electrons. The number of rotatable bonds is 5. The Balaban J connectivity index is 2.47. The number of carbonyl (C=O) groups is 3. The average molecular weight is 279 g/mol. The van der Waals surface area contributed by atoms with Crippen molar-refractivity contribution in [2.24, 2.45) is 0 Å². The van der Waals surface area contributed by atoms with Crippen LogP contribution >= 0.6 is 0 Å². The topological polar surface area (TPSA) is 111 Å². The standard InChI is InChI=1S/C13H17N3O4/c1-20-8-4-7-15-12(18)13(19)16-11(17)9-5-2-3-6-10(9)14/h2-3,5-6H,4,7-8,14H2,1H3,(H,15,18)(H,16,17,19). The lowest BCUT2D eigenvalue weighted by atomic mass is 10.1. The molecule has 1 rings (SSSR count). The van der Waals surface area contributed by atoms with Gasteiger partial charge in [0.2, 0.25) is 0 Å². The fourth-order valence-electron chi connectivity index (χ4n) is 1.43. The highest BCUT2D eigenvalue weighted by atomic mass is 16.5. The third-order valence-corrected chi connectivity index (χ3v) is 2.45. The van der Waals surface area contributed by atoms with E-state index < -0.39 is 17.7 Å². The fraction of sp³-hybridized carbons (Fsp3) is 0.308. The first-order valence-electron chi connectivity index (χ1n) is 6.03. The zero-order chi connectivity index (χ0) is 15.0. The van der Waals surface area contributed by atoms with E-state index in [1.54, 1.807) is 12.1 Å². The molecule has 0 saturated carbocycles. The maximum atomic E-state index is 11.7. The molecule has 7 heteroatoms. The van der Waals surface area contributed by atoms with Crippen molar-refractivity contribution in [3.63, 3.8) is 0 Å². The van der Waals surface area contributed by atoms with Crippen LogP contribution in [-0.4, -0.2) is 38.0 Å². The van der Waals surface area contributed by atoms with Crippen LogP contribution in [-0.2, 0) is 14.3 Å². The molecule has 20 heavy (non-hydrogen) atoms. The SMILES string of the molecule is COCCCNC(=O)C(=O)NC(=O)c1ccccc1N. The van der Waals surface area contributed by atoms with Gasteiger partial charge in [0.1, 0.15) is 0 Å². The molecule has 0 heterocycles. The lowest BCUT2D eigenvalue weighted by molar-refractivity contribution is -0.138. The van der Waals surface area contributed by atoms with Crippen molar-refractivity contribution in [3.8, 4) is 0 Å². The van der Waals surface area contributed by atoms with Crippen molar-refractivity contribution < 1.29 is 19.1 Å². The lowest BCUT2D eigenvalue weighted by Gasteiger charge is -2.07. The van der Waals surface area contributed by atoms with Crippen molar-refractivity contribution in [2.45, 2.75) is 6.42 Å². The number of carbonyl (C=O) groups excluding carboxylic acids is 3. The van der Waals surface area contributed by atoms with E-state index in [0.29, 0.717) is 19.6 Å². The number of hydrogen-bond donors (Lipinski definition) is 3. The molecular weight excluding hydrogens is 262 g/mol. The summed E-state index contributed by atoms with van der Waals surface area (Å²) in [5, 5.41) is 4.35. The highest BCUT2D eigenvalue weighted by Crippen LogP contribution is 2.09. The number of amides is 3. The highest BCUT2D eigenvalue weighted by molar-refractivity contribution is 6.38. The normalized spacial score (nSPS) is 9.85. The molecule has 0 bridgehead atoms. The van der Waals surface area contributed by atoms with E-state index in [2.05, 4.69) is 5.32 Å². The van der Waals surface area contributed by atoms with Gasteiger partial charge in [0.05, 0.1) is 5.56 Å². The van der Waals surface area contributed by atoms with Crippen molar-refractivity contribution in [3.05, 3.63) is 29.8 Å². The van der Waals surface area contributed by atoms with Gasteiger partial charge < -0.3 is 15.8 Å². The van der Waals surface area contributed by atoms with E-state index in [0.717, 1.165) is 0 Å². The Morgan fingerprint density at radius 1 is 1.20 bits per heavy atom. The maximum absolute atomic E-state index is 11.7. The maximum Gasteiger partial charge on any atom is 0.316 e. The molecule has 1 aromatic rings. The lowest BCUT2D eigenvalue weighted by Crippen LogP contribution is -2.43. The Bertz CT molecular complexity index is 502. The second-order valence-corrected chi connectivity index (χ2v) is 3.97. The zero-order valence-electron chi connectivity index (χ0n) is 11.1. The first-order chi connectivity index (χ1) is 9.56. The minimum Gasteiger partial charge on any atom is -0.398 e. The number of ether oxygens (including phenoxy) is 1. The van der Waals surface area contributed by atoms with E-state index in [1.165, 1.54) is 19.2 Å². The van der Waals surface area contributed by atoms with Gasteiger partial charge in [-0.2, -0.15) is 0 Å². The minimum atomic E-state index is -1.02. The Morgan fingerprint density at radius 2 is 1.90 bits per heavy atom. The van der Waals surface area contributed by atoms with Crippen molar-refractivity contribution in [1.82, 2.24) is 10.6 Å². The molecule has 0 aromatic heterocycles. The average Bonchev–Trinajstić information content (AvgIpc) is 2.43. The Kier molecular flexibility index (Phi) is 6.18. The van der Waals surface area contributed by atoms with Crippen molar-refractivity contribution in [2.75, 3.05) is 26.0 Å². The summed E-state index contributed by atoms with van der Waals surface area (Å²) in [4.78, 5) is 34.6. The van der Waals surface area contributed by atoms with Gasteiger partial charge in [-0.1, -0.05) is 12.1 Å². The summed E-state index contributed by atoms with van der Waals surface area (Å²) < 4.78 is 4.80. The first-order valence-corrected chi connectivity index (χ1v) is 6.03. The number of hydrogen-bond acceptors (Lipinski definition) is 5. The molecule has 0 unspecified atom stereocenters. The summed E-state index contributed by atoms with van der Waals surface area (Å²) in [6.07, 6.45) is 0.578. The Hall–Kier alpha value is -2.41. The number of nitrogens with one attached hydrogen (secondary N) is 2. The van der Waals surface area contributed by atoms with Crippen molar-refractivity contribution >= 4 is 23.4 Å². The number of benzene rings is 1. The predicted octanol–water partition coefficient (Wildman–Crippen LogP) is -0.322. The molecule has 0 fully saturated rings. The summed E-state index contributed by atoms with van der Waals surface area (Å²) in [6.45, 7) is 0.767. The van der Waals surface area contributed by atoms with Crippen LogP contribution in [0.2, 0.25) is 0 Å². The zero-order valence-corrected chi connectivity index (χ0v) is 11.1. The third-order valence-electron chi connectivity index (χ3n) is 2.45. The van der Waals surface area contributed by atoms with Crippen LogP contribution in [0.15, 0.2) is 24.3 Å². The molecule has 1 aromatic carbocycles. The van der Waals surface area contributed by atoms with E-state index >= 15 is 0 Å². The number of imide groups is 1. The third kappa shape index (κ3) is 4.69. The van der Waals surface area contributed by atoms with Gasteiger partial charge in [0, 0.05) is 25.9 Å². The van der Waals surface area contributed by atoms with Gasteiger partial charge in [-0.3, -0.25) is 19.7 Å². The quantitative estimate of drug-likeness (QED) is 0.388. The smallest absolute Gasteiger partial charge is 0.316 e. The summed E-state index contributed by atoms with van der Waals surface area (Å²) in [6, 6.07) is 6.27. The van der Waals surface area contributed by atoms with Crippen molar-refractivity contribution in [1.29, 1.82) is 0 Å². The number of nitrogens with two attached hydrogens (primary N) is 1. The molecule has 0 aliphatic carbocycles. The molecule has 4 N–H and O–H groups in total. The number of para-hydroxylation sites is 1. The second kappa shape index (κ2) is 7.90. The van der Waals surface area contributed by atoms with E-state index in [-0.39, 0.29) is 11.3 Å². The van der Waals surface area contributed by atoms with Gasteiger partial charge in [-0.05, 0) is 18.6 Å². The van der Waals surface area contributed by atoms with E-state index in [4.69, 9.17) is 10.5 Å². The minimum absolute atomic E-state index is 0.146. The molecule has 0 aliphatic heterocycles. The van der Waals surface area contributed by atoms with Crippen LogP contribution in [0.1, 0.15) is 16.8 Å². The number of nitrogen functional groups attached to an aromatic ring is 1. The van der Waals surface area contributed by atoms with Crippen LogP contribution in [0.3, 0.4) is 0 Å². The predicted molar refractivity (Wildman–Crippen MR) is 72.8 cm³/mol. The first kappa shape index (κ1) is 15.6. The van der Waals surface area contributed by atoms with Crippen LogP contribution in [0.25, 0.3) is 0 Å². The number of anilines is 1. The molecule has 0 aliphatic rings. The summed E-state index contributed by atoms with van der Waals surface area (Å²) >= 11 is 0. The van der Waals surface area contributed by atoms with Gasteiger partial charge in [0.15, 0.2) is 0 Å². The molecular formula is C13H17N3O4. The van der Waals surface area contributed by atoms with E-state index in [9.17, 15) is 14.4 Å². The fourth-order valence-corrected chi connectivity index (χ4v) is 1.43.